The van der Waals surface area contributed by atoms with Gasteiger partial charge in [-0.2, -0.15) is 0 Å². The molecule has 0 saturated carbocycles. The molecule has 0 unspecified atom stereocenters. The van der Waals surface area contributed by atoms with E-state index in [1.165, 1.54) is 11.8 Å². The van der Waals surface area contributed by atoms with E-state index in [9.17, 15) is 4.79 Å². The number of anilines is 1. The van der Waals surface area contributed by atoms with Crippen molar-refractivity contribution in [3.63, 3.8) is 0 Å². The van der Waals surface area contributed by atoms with E-state index >= 15 is 0 Å². The zero-order valence-electron chi connectivity index (χ0n) is 17.2. The standard InChI is InChI=1S/C24H20ClN5OS/c1-15-11-13-16(14-12-15)20-21(23(31)26-19-10-6-5-9-18(19)25)32-24-28-27-22(30(24)29-20)17-7-3-2-4-8-17/h2-14,20-21,29H,1H3,(H,26,31)/t20-,21-/m1/s1. The number of carbonyl (C=O) groups excluding carboxylic acids is 1. The highest BCUT2D eigenvalue weighted by Gasteiger charge is 2.38. The molecule has 8 heteroatoms. The maximum absolute atomic E-state index is 13.4. The van der Waals surface area contributed by atoms with Gasteiger partial charge in [0.15, 0.2) is 5.82 Å². The van der Waals surface area contributed by atoms with Crippen LogP contribution in [0.25, 0.3) is 11.4 Å². The Hall–Kier alpha value is -3.29. The number of nitrogens with one attached hydrogen (secondary N) is 2. The van der Waals surface area contributed by atoms with Crippen molar-refractivity contribution in [2.75, 3.05) is 10.7 Å². The number of rotatable bonds is 4. The number of hydrogen-bond donors (Lipinski definition) is 2. The fourth-order valence-electron chi connectivity index (χ4n) is 3.62. The SMILES string of the molecule is Cc1ccc([C@H]2Nn3c(nnc3-c3ccccc3)S[C@H]2C(=O)Nc2ccccc2Cl)cc1. The average Bonchev–Trinajstić information content (AvgIpc) is 3.24. The number of hydrogen-bond acceptors (Lipinski definition) is 5. The Bertz CT molecular complexity index is 1260. The lowest BCUT2D eigenvalue weighted by Gasteiger charge is -2.33. The number of halogens is 1. The largest absolute Gasteiger partial charge is 0.324 e. The van der Waals surface area contributed by atoms with Crippen LogP contribution in [-0.2, 0) is 4.79 Å². The van der Waals surface area contributed by atoms with Crippen molar-refractivity contribution >= 4 is 35.0 Å². The molecule has 5 rings (SSSR count). The van der Waals surface area contributed by atoms with Crippen molar-refractivity contribution in [2.24, 2.45) is 0 Å². The molecule has 32 heavy (non-hydrogen) atoms. The summed E-state index contributed by atoms with van der Waals surface area (Å²) < 4.78 is 1.86. The normalized spacial score (nSPS) is 17.3. The average molecular weight is 462 g/mol. The summed E-state index contributed by atoms with van der Waals surface area (Å²) in [5.74, 6) is 0.548. The van der Waals surface area contributed by atoms with Gasteiger partial charge in [-0.3, -0.25) is 4.79 Å². The second-order valence-corrected chi connectivity index (χ2v) is 9.05. The van der Waals surface area contributed by atoms with E-state index in [2.05, 4.69) is 20.9 Å². The molecule has 160 valence electrons. The third-order valence-electron chi connectivity index (χ3n) is 5.30. The molecule has 1 aliphatic rings. The number of benzene rings is 3. The monoisotopic (exact) mass is 461 g/mol. The predicted octanol–water partition coefficient (Wildman–Crippen LogP) is 5.30. The van der Waals surface area contributed by atoms with Crippen LogP contribution >= 0.6 is 23.4 Å². The molecule has 6 nitrogen and oxygen atoms in total. The minimum Gasteiger partial charge on any atom is -0.324 e. The predicted molar refractivity (Wildman–Crippen MR) is 128 cm³/mol. The maximum atomic E-state index is 13.4. The Labute approximate surface area is 195 Å². The molecular weight excluding hydrogens is 442 g/mol. The lowest BCUT2D eigenvalue weighted by atomic mass is 10.0. The molecule has 0 radical (unpaired) electrons. The number of fused-ring (bicyclic) bond motifs is 1. The van der Waals surface area contributed by atoms with E-state index in [4.69, 9.17) is 11.6 Å². The lowest BCUT2D eigenvalue weighted by molar-refractivity contribution is -0.116. The number of para-hydroxylation sites is 1. The molecule has 1 aliphatic heterocycles. The summed E-state index contributed by atoms with van der Waals surface area (Å²) in [6.45, 7) is 2.04. The summed E-state index contributed by atoms with van der Waals surface area (Å²) in [5.41, 5.74) is 7.17. The Morgan fingerprint density at radius 3 is 2.47 bits per heavy atom. The third-order valence-corrected chi connectivity index (χ3v) is 6.84. The maximum Gasteiger partial charge on any atom is 0.240 e. The van der Waals surface area contributed by atoms with Crippen molar-refractivity contribution in [3.05, 3.63) is 95.0 Å². The van der Waals surface area contributed by atoms with Crippen molar-refractivity contribution in [1.29, 1.82) is 0 Å². The number of thioether (sulfide) groups is 1. The Morgan fingerprint density at radius 1 is 1.00 bits per heavy atom. The molecule has 0 saturated heterocycles. The first kappa shape index (κ1) is 20.6. The van der Waals surface area contributed by atoms with Crippen LogP contribution < -0.4 is 10.7 Å². The van der Waals surface area contributed by atoms with E-state index in [0.717, 1.165) is 16.7 Å². The fraction of sp³-hybridized carbons (Fsp3) is 0.125. The second kappa shape index (κ2) is 8.68. The highest BCUT2D eigenvalue weighted by Crippen LogP contribution is 2.39. The number of carbonyl (C=O) groups is 1. The smallest absolute Gasteiger partial charge is 0.240 e. The van der Waals surface area contributed by atoms with E-state index in [0.29, 0.717) is 21.7 Å². The van der Waals surface area contributed by atoms with E-state index < -0.39 is 5.25 Å². The van der Waals surface area contributed by atoms with Crippen molar-refractivity contribution in [1.82, 2.24) is 14.9 Å². The minimum atomic E-state index is -0.477. The Kier molecular flexibility index (Phi) is 5.59. The van der Waals surface area contributed by atoms with Gasteiger partial charge in [0, 0.05) is 5.56 Å². The molecule has 1 aromatic heterocycles. The molecule has 4 aromatic rings. The van der Waals surface area contributed by atoms with Gasteiger partial charge in [0.25, 0.3) is 0 Å². The zero-order chi connectivity index (χ0) is 22.1. The Balaban J connectivity index is 1.52. The second-order valence-electron chi connectivity index (χ2n) is 7.53. The minimum absolute atomic E-state index is 0.156. The topological polar surface area (TPSA) is 71.8 Å². The van der Waals surface area contributed by atoms with Crippen LogP contribution in [0.1, 0.15) is 17.2 Å². The van der Waals surface area contributed by atoms with Gasteiger partial charge in [-0.15, -0.1) is 10.2 Å². The highest BCUT2D eigenvalue weighted by atomic mass is 35.5. The van der Waals surface area contributed by atoms with E-state index in [1.54, 1.807) is 12.1 Å². The molecule has 2 N–H and O–H groups in total. The van der Waals surface area contributed by atoms with Crippen LogP contribution in [0.5, 0.6) is 0 Å². The summed E-state index contributed by atoms with van der Waals surface area (Å²) in [6.07, 6.45) is 0. The molecule has 2 heterocycles. The van der Waals surface area contributed by atoms with E-state index in [-0.39, 0.29) is 11.9 Å². The molecule has 2 atom stereocenters. The molecule has 0 bridgehead atoms. The molecule has 0 spiro atoms. The van der Waals surface area contributed by atoms with Crippen LogP contribution in [0.4, 0.5) is 5.69 Å². The van der Waals surface area contributed by atoms with Crippen LogP contribution in [0.2, 0.25) is 5.02 Å². The number of aromatic nitrogens is 3. The first-order valence-corrected chi connectivity index (χ1v) is 11.4. The summed E-state index contributed by atoms with van der Waals surface area (Å²) in [6, 6.07) is 25.0. The van der Waals surface area contributed by atoms with Crippen LogP contribution in [0, 0.1) is 6.92 Å². The quantitative estimate of drug-likeness (QED) is 0.431. The van der Waals surface area contributed by atoms with Gasteiger partial charge in [0.2, 0.25) is 11.1 Å². The van der Waals surface area contributed by atoms with Crippen molar-refractivity contribution in [2.45, 2.75) is 23.4 Å². The summed E-state index contributed by atoms with van der Waals surface area (Å²) in [5, 5.41) is 12.3. The zero-order valence-corrected chi connectivity index (χ0v) is 18.8. The Morgan fingerprint density at radius 2 is 1.72 bits per heavy atom. The summed E-state index contributed by atoms with van der Waals surface area (Å²) in [4.78, 5) is 13.4. The van der Waals surface area contributed by atoms with Gasteiger partial charge >= 0.3 is 0 Å². The van der Waals surface area contributed by atoms with E-state index in [1.807, 2.05) is 78.3 Å². The van der Waals surface area contributed by atoms with Gasteiger partial charge in [0.05, 0.1) is 16.8 Å². The molecule has 0 fully saturated rings. The van der Waals surface area contributed by atoms with Gasteiger partial charge in [-0.1, -0.05) is 95.7 Å². The van der Waals surface area contributed by atoms with Gasteiger partial charge in [-0.05, 0) is 24.6 Å². The fourth-order valence-corrected chi connectivity index (χ4v) is 4.88. The number of nitrogens with zero attached hydrogens (tertiary/aromatic N) is 3. The van der Waals surface area contributed by atoms with Crippen molar-refractivity contribution < 1.29 is 4.79 Å². The first-order chi connectivity index (χ1) is 15.6. The number of aryl methyl sites for hydroxylation is 1. The van der Waals surface area contributed by atoms with Crippen LogP contribution in [-0.4, -0.2) is 26.0 Å². The lowest BCUT2D eigenvalue weighted by Crippen LogP contribution is -2.41. The first-order valence-electron chi connectivity index (χ1n) is 10.2. The molecule has 3 aromatic carbocycles. The summed E-state index contributed by atoms with van der Waals surface area (Å²) in [7, 11) is 0. The number of amides is 1. The van der Waals surface area contributed by atoms with Gasteiger partial charge < -0.3 is 10.7 Å². The van der Waals surface area contributed by atoms with Gasteiger partial charge in [-0.25, -0.2) is 4.68 Å². The van der Waals surface area contributed by atoms with Crippen LogP contribution in [0.3, 0.4) is 0 Å². The molecule has 1 amide bonds. The third kappa shape index (κ3) is 3.97. The molecule has 0 aliphatic carbocycles. The summed E-state index contributed by atoms with van der Waals surface area (Å²) >= 11 is 7.65. The van der Waals surface area contributed by atoms with Gasteiger partial charge in [0.1, 0.15) is 5.25 Å². The highest BCUT2D eigenvalue weighted by molar-refractivity contribution is 8.00. The molecular formula is C24H20ClN5OS. The van der Waals surface area contributed by atoms with Crippen LogP contribution in [0.15, 0.2) is 84.0 Å². The van der Waals surface area contributed by atoms with Crippen molar-refractivity contribution in [3.8, 4) is 11.4 Å².